The maximum atomic E-state index is 12.9. The fraction of sp³-hybridized carbons (Fsp3) is 0.120. The van der Waals surface area contributed by atoms with Crippen LogP contribution in [-0.4, -0.2) is 13.1 Å². The molecule has 2 heterocycles. The minimum atomic E-state index is -0.604. The molecule has 0 spiro atoms. The second kappa shape index (κ2) is 7.69. The number of hydrogen-bond donors (Lipinski definition) is 0. The van der Waals surface area contributed by atoms with Crippen molar-refractivity contribution in [3.63, 3.8) is 0 Å². The van der Waals surface area contributed by atoms with Crippen molar-refractivity contribution in [2.24, 2.45) is 0 Å². The van der Waals surface area contributed by atoms with E-state index in [4.69, 9.17) is 18.3 Å². The molecule has 5 rings (SSSR count). The van der Waals surface area contributed by atoms with Crippen LogP contribution in [0.25, 0.3) is 32.4 Å². The summed E-state index contributed by atoms with van der Waals surface area (Å²) in [6, 6.07) is 16.4. The van der Waals surface area contributed by atoms with E-state index in [2.05, 4.69) is 0 Å². The largest absolute Gasteiger partial charge is 0.497 e. The summed E-state index contributed by atoms with van der Waals surface area (Å²) in [6.07, 6.45) is 0. The number of hydrogen-bond acceptors (Lipinski definition) is 7. The Hall–Kier alpha value is -3.84. The number of methoxy groups -OCH3 is 1. The van der Waals surface area contributed by atoms with Crippen LogP contribution in [0, 0.1) is 13.8 Å². The third kappa shape index (κ3) is 3.46. The molecule has 0 fully saturated rings. The molecule has 0 aliphatic rings. The van der Waals surface area contributed by atoms with E-state index in [1.54, 1.807) is 19.2 Å². The average molecular weight is 446 g/mol. The molecule has 0 bridgehead atoms. The van der Waals surface area contributed by atoms with Crippen molar-refractivity contribution in [1.29, 1.82) is 0 Å². The van der Waals surface area contributed by atoms with Gasteiger partial charge in [-0.2, -0.15) is 0 Å². The summed E-state index contributed by atoms with van der Waals surface area (Å²) in [7, 11) is 1.59. The molecule has 0 atom stereocenters. The Kier molecular flexibility index (Phi) is 4.83. The van der Waals surface area contributed by atoms with Crippen LogP contribution in [0.1, 0.15) is 21.7 Å². The molecule has 0 radical (unpaired) electrons. The van der Waals surface area contributed by atoms with Crippen LogP contribution in [0.4, 0.5) is 0 Å². The second-order valence-electron chi connectivity index (χ2n) is 7.43. The highest BCUT2D eigenvalue weighted by Crippen LogP contribution is 2.36. The van der Waals surface area contributed by atoms with Gasteiger partial charge in [0.15, 0.2) is 5.58 Å². The van der Waals surface area contributed by atoms with Gasteiger partial charge >= 0.3 is 10.9 Å². The van der Waals surface area contributed by atoms with Gasteiger partial charge in [0.25, 0.3) is 0 Å². The highest BCUT2D eigenvalue weighted by Gasteiger charge is 2.21. The minimum absolute atomic E-state index is 0.150. The monoisotopic (exact) mass is 446 g/mol. The fourth-order valence-electron chi connectivity index (χ4n) is 3.68. The van der Waals surface area contributed by atoms with Crippen molar-refractivity contribution in [1.82, 2.24) is 0 Å². The van der Waals surface area contributed by atoms with Crippen molar-refractivity contribution in [3.8, 4) is 22.6 Å². The SMILES string of the molecule is COc1ccc(-c2cc(OC(=O)c3oc4ccc(C)cc4c3C)cc3sc(=O)oc23)cc1. The molecule has 160 valence electrons. The Labute approximate surface area is 186 Å². The van der Waals surface area contributed by atoms with Gasteiger partial charge in [0.2, 0.25) is 5.76 Å². The quantitative estimate of drug-likeness (QED) is 0.245. The lowest BCUT2D eigenvalue weighted by molar-refractivity contribution is 0.0703. The molecular formula is C25H18O6S. The van der Waals surface area contributed by atoms with E-state index in [1.807, 2.05) is 56.3 Å². The van der Waals surface area contributed by atoms with E-state index in [1.165, 1.54) is 0 Å². The Morgan fingerprint density at radius 3 is 2.47 bits per heavy atom. The number of ether oxygens (including phenoxy) is 2. The van der Waals surface area contributed by atoms with Crippen LogP contribution in [0.15, 0.2) is 68.2 Å². The van der Waals surface area contributed by atoms with Gasteiger partial charge in [-0.3, -0.25) is 0 Å². The third-order valence-electron chi connectivity index (χ3n) is 5.30. The van der Waals surface area contributed by atoms with E-state index in [9.17, 15) is 9.59 Å². The highest BCUT2D eigenvalue weighted by molar-refractivity contribution is 7.16. The summed E-state index contributed by atoms with van der Waals surface area (Å²) >= 11 is 0.953. The smallest absolute Gasteiger partial charge is 0.396 e. The lowest BCUT2D eigenvalue weighted by Gasteiger charge is -2.08. The van der Waals surface area contributed by atoms with Crippen LogP contribution >= 0.6 is 11.3 Å². The summed E-state index contributed by atoms with van der Waals surface area (Å²) in [6.45, 7) is 3.81. The highest BCUT2D eigenvalue weighted by atomic mass is 32.1. The summed E-state index contributed by atoms with van der Waals surface area (Å²) < 4.78 is 22.6. The number of furan rings is 1. The number of benzene rings is 3. The zero-order chi connectivity index (χ0) is 22.4. The standard InChI is InChI=1S/C25H18O6S/c1-13-4-9-20-18(10-13)14(2)22(30-20)24(26)29-17-11-19(15-5-7-16(28-3)8-6-15)23-21(12-17)32-25(27)31-23/h4-12H,1-3H3. The van der Waals surface area contributed by atoms with Gasteiger partial charge in [-0.1, -0.05) is 35.1 Å². The van der Waals surface area contributed by atoms with Gasteiger partial charge in [0, 0.05) is 22.6 Å². The lowest BCUT2D eigenvalue weighted by atomic mass is 10.0. The van der Waals surface area contributed by atoms with Crippen LogP contribution in [-0.2, 0) is 0 Å². The molecule has 0 saturated carbocycles. The molecule has 3 aromatic carbocycles. The fourth-order valence-corrected chi connectivity index (χ4v) is 4.40. The van der Waals surface area contributed by atoms with Crippen LogP contribution < -0.4 is 14.4 Å². The predicted molar refractivity (Wildman–Crippen MR) is 123 cm³/mol. The maximum Gasteiger partial charge on any atom is 0.396 e. The van der Waals surface area contributed by atoms with Crippen LogP contribution in [0.2, 0.25) is 0 Å². The molecule has 0 amide bonds. The molecular weight excluding hydrogens is 428 g/mol. The maximum absolute atomic E-state index is 12.9. The van der Waals surface area contributed by atoms with E-state index in [0.29, 0.717) is 32.9 Å². The van der Waals surface area contributed by atoms with E-state index in [0.717, 1.165) is 33.4 Å². The second-order valence-corrected chi connectivity index (χ2v) is 8.40. The number of rotatable bonds is 4. The molecule has 0 saturated heterocycles. The van der Waals surface area contributed by atoms with Crippen molar-refractivity contribution in [2.45, 2.75) is 13.8 Å². The Balaban J connectivity index is 1.56. The lowest BCUT2D eigenvalue weighted by Crippen LogP contribution is -2.08. The Morgan fingerprint density at radius 1 is 0.938 bits per heavy atom. The molecule has 7 heteroatoms. The van der Waals surface area contributed by atoms with E-state index >= 15 is 0 Å². The first kappa shape index (κ1) is 20.1. The van der Waals surface area contributed by atoms with Gasteiger partial charge in [-0.05, 0) is 49.7 Å². The van der Waals surface area contributed by atoms with Crippen molar-refractivity contribution in [3.05, 3.63) is 81.2 Å². The predicted octanol–water partition coefficient (Wildman–Crippen LogP) is 6.11. The average Bonchev–Trinajstić information content (AvgIpc) is 3.32. The molecule has 32 heavy (non-hydrogen) atoms. The minimum Gasteiger partial charge on any atom is -0.497 e. The Morgan fingerprint density at radius 2 is 1.72 bits per heavy atom. The number of aryl methyl sites for hydroxylation is 2. The van der Waals surface area contributed by atoms with Crippen molar-refractivity contribution in [2.75, 3.05) is 7.11 Å². The number of esters is 1. The van der Waals surface area contributed by atoms with E-state index < -0.39 is 10.9 Å². The Bertz CT molecular complexity index is 1540. The number of carbonyl (C=O) groups is 1. The molecule has 5 aromatic rings. The molecule has 0 N–H and O–H groups in total. The van der Waals surface area contributed by atoms with Gasteiger partial charge in [0.05, 0.1) is 11.8 Å². The third-order valence-corrected chi connectivity index (χ3v) is 6.07. The van der Waals surface area contributed by atoms with Crippen molar-refractivity contribution < 1.29 is 23.1 Å². The zero-order valence-electron chi connectivity index (χ0n) is 17.6. The van der Waals surface area contributed by atoms with Crippen LogP contribution in [0.5, 0.6) is 11.5 Å². The summed E-state index contributed by atoms with van der Waals surface area (Å²) in [5, 5.41) is 0.874. The molecule has 6 nitrogen and oxygen atoms in total. The molecule has 2 aromatic heterocycles. The zero-order valence-corrected chi connectivity index (χ0v) is 18.4. The molecule has 0 aliphatic heterocycles. The summed E-state index contributed by atoms with van der Waals surface area (Å²) in [4.78, 5) is 24.4. The first-order valence-electron chi connectivity index (χ1n) is 9.87. The van der Waals surface area contributed by atoms with Gasteiger partial charge in [0.1, 0.15) is 17.1 Å². The molecule has 0 unspecified atom stereocenters. The normalized spacial score (nSPS) is 11.2. The summed E-state index contributed by atoms with van der Waals surface area (Å²) in [5.74, 6) is 0.542. The van der Waals surface area contributed by atoms with Crippen LogP contribution in [0.3, 0.4) is 0 Å². The number of fused-ring (bicyclic) bond motifs is 2. The summed E-state index contributed by atoms with van der Waals surface area (Å²) in [5.41, 5.74) is 4.31. The number of carbonyl (C=O) groups excluding carboxylic acids is 1. The topological polar surface area (TPSA) is 78.9 Å². The molecule has 0 aliphatic carbocycles. The van der Waals surface area contributed by atoms with Gasteiger partial charge in [-0.15, -0.1) is 0 Å². The first-order chi connectivity index (χ1) is 15.4. The van der Waals surface area contributed by atoms with Crippen molar-refractivity contribution >= 4 is 38.6 Å². The van der Waals surface area contributed by atoms with Gasteiger partial charge in [-0.25, -0.2) is 9.59 Å². The van der Waals surface area contributed by atoms with Gasteiger partial charge < -0.3 is 18.3 Å². The van der Waals surface area contributed by atoms with E-state index in [-0.39, 0.29) is 5.76 Å². The first-order valence-corrected chi connectivity index (χ1v) is 10.7.